The molecule has 0 unspecified atom stereocenters. The fraction of sp³-hybridized carbons (Fsp3) is 0. The Morgan fingerprint density at radius 1 is 0.815 bits per heavy atom. The van der Waals surface area contributed by atoms with Crippen LogP contribution in [0.1, 0.15) is 31.8 Å². The number of ketones is 2. The Morgan fingerprint density at radius 2 is 1.48 bits per heavy atom. The number of fused-ring (bicyclic) bond motifs is 2. The molecule has 3 aromatic rings. The largest absolute Gasteiger partial charge is 0.349 e. The summed E-state index contributed by atoms with van der Waals surface area (Å²) in [4.78, 5) is 36.5. The number of carbonyl (C=O) groups excluding carboxylic acids is 2. The Balaban J connectivity index is 1.86. The second-order valence-electron chi connectivity index (χ2n) is 5.98. The van der Waals surface area contributed by atoms with Crippen molar-refractivity contribution in [1.29, 1.82) is 0 Å². The number of hydrogen-bond donors (Lipinski definition) is 1. The van der Waals surface area contributed by atoms with Crippen molar-refractivity contribution in [2.24, 2.45) is 0 Å². The molecule has 27 heavy (non-hydrogen) atoms. The molecule has 1 aliphatic rings. The first kappa shape index (κ1) is 16.9. The Labute approximate surface area is 158 Å². The Kier molecular flexibility index (Phi) is 3.97. The first-order chi connectivity index (χ1) is 13.0. The third-order valence-corrected chi connectivity index (χ3v) is 4.61. The summed E-state index contributed by atoms with van der Waals surface area (Å²) in [7, 11) is 0. The number of nitrogens with one attached hydrogen (secondary N) is 1. The van der Waals surface area contributed by atoms with Gasteiger partial charge in [0.2, 0.25) is 0 Å². The van der Waals surface area contributed by atoms with Gasteiger partial charge in [0.25, 0.3) is 5.69 Å². The van der Waals surface area contributed by atoms with E-state index in [9.17, 15) is 19.7 Å². The van der Waals surface area contributed by atoms with Crippen molar-refractivity contribution in [1.82, 2.24) is 0 Å². The fourth-order valence-corrected chi connectivity index (χ4v) is 3.32. The number of nitro benzene ring substituents is 1. The molecule has 0 saturated carbocycles. The maximum absolute atomic E-state index is 13.0. The van der Waals surface area contributed by atoms with Crippen LogP contribution < -0.4 is 5.32 Å². The molecule has 1 aliphatic carbocycles. The molecule has 0 spiro atoms. The normalized spacial score (nSPS) is 12.3. The van der Waals surface area contributed by atoms with Gasteiger partial charge in [-0.2, -0.15) is 0 Å². The summed E-state index contributed by atoms with van der Waals surface area (Å²) < 4.78 is 0. The van der Waals surface area contributed by atoms with Crippen molar-refractivity contribution in [2.75, 3.05) is 5.32 Å². The quantitative estimate of drug-likeness (QED) is 0.410. The summed E-state index contributed by atoms with van der Waals surface area (Å²) in [5, 5.41) is 14.5. The fourth-order valence-electron chi connectivity index (χ4n) is 3.16. The second kappa shape index (κ2) is 6.34. The second-order valence-corrected chi connectivity index (χ2v) is 6.41. The number of carbonyl (C=O) groups is 2. The number of hydrogen-bond acceptors (Lipinski definition) is 5. The van der Waals surface area contributed by atoms with Gasteiger partial charge in [-0.25, -0.2) is 0 Å². The molecule has 0 fully saturated rings. The number of anilines is 2. The van der Waals surface area contributed by atoms with Crippen LogP contribution >= 0.6 is 11.6 Å². The summed E-state index contributed by atoms with van der Waals surface area (Å²) >= 11 is 5.85. The highest BCUT2D eigenvalue weighted by molar-refractivity contribution is 6.31. The van der Waals surface area contributed by atoms with Crippen molar-refractivity contribution >= 4 is 40.2 Å². The lowest BCUT2D eigenvalue weighted by atomic mass is 9.83. The van der Waals surface area contributed by atoms with Gasteiger partial charge >= 0.3 is 0 Å². The van der Waals surface area contributed by atoms with Crippen LogP contribution in [0.5, 0.6) is 0 Å². The van der Waals surface area contributed by atoms with Gasteiger partial charge in [0.1, 0.15) is 5.69 Å². The van der Waals surface area contributed by atoms with Crippen molar-refractivity contribution in [3.63, 3.8) is 0 Å². The number of rotatable bonds is 3. The molecule has 0 aromatic heterocycles. The highest BCUT2D eigenvalue weighted by atomic mass is 35.5. The van der Waals surface area contributed by atoms with Gasteiger partial charge in [-0.3, -0.25) is 19.7 Å². The molecule has 4 rings (SSSR count). The zero-order chi connectivity index (χ0) is 19.1. The van der Waals surface area contributed by atoms with E-state index in [-0.39, 0.29) is 39.1 Å². The lowest BCUT2D eigenvalue weighted by Crippen LogP contribution is -2.22. The van der Waals surface area contributed by atoms with E-state index >= 15 is 0 Å². The molecule has 0 heterocycles. The lowest BCUT2D eigenvalue weighted by molar-refractivity contribution is -0.383. The molecular weight excluding hydrogens is 368 g/mol. The predicted octanol–water partition coefficient (Wildman–Crippen LogP) is 4.77. The molecule has 7 heteroatoms. The summed E-state index contributed by atoms with van der Waals surface area (Å²) in [6, 6.07) is 15.6. The van der Waals surface area contributed by atoms with E-state index in [0.29, 0.717) is 16.8 Å². The van der Waals surface area contributed by atoms with Crippen LogP contribution in [-0.2, 0) is 0 Å². The van der Waals surface area contributed by atoms with Crippen molar-refractivity contribution in [3.05, 3.63) is 98.1 Å². The Morgan fingerprint density at radius 3 is 2.19 bits per heavy atom. The van der Waals surface area contributed by atoms with Gasteiger partial charge in [0, 0.05) is 27.8 Å². The van der Waals surface area contributed by atoms with Crippen molar-refractivity contribution in [3.8, 4) is 0 Å². The summed E-state index contributed by atoms with van der Waals surface area (Å²) in [5.74, 6) is -0.561. The SMILES string of the molecule is O=C1c2ccccc2C(=O)c2c(Nc3ccc(Cl)cc3[N+](=O)[O-])cccc21. The summed E-state index contributed by atoms with van der Waals surface area (Å²) in [6.45, 7) is 0. The molecular formula is C20H11ClN2O4. The van der Waals surface area contributed by atoms with E-state index in [1.54, 1.807) is 42.5 Å². The summed E-state index contributed by atoms with van der Waals surface area (Å²) in [5.41, 5.74) is 1.41. The first-order valence-corrected chi connectivity index (χ1v) is 8.37. The number of benzene rings is 3. The molecule has 0 bridgehead atoms. The number of nitro groups is 1. The van der Waals surface area contributed by atoms with Crippen LogP contribution in [0.3, 0.4) is 0 Å². The number of halogens is 1. The average Bonchev–Trinajstić information content (AvgIpc) is 2.67. The predicted molar refractivity (Wildman–Crippen MR) is 101 cm³/mol. The van der Waals surface area contributed by atoms with Gasteiger partial charge in [-0.1, -0.05) is 48.0 Å². The Hall–Kier alpha value is -3.51. The molecule has 6 nitrogen and oxygen atoms in total. The minimum absolute atomic E-state index is 0.178. The van der Waals surface area contributed by atoms with E-state index in [2.05, 4.69) is 5.32 Å². The van der Waals surface area contributed by atoms with Gasteiger partial charge in [-0.15, -0.1) is 0 Å². The molecule has 0 atom stereocenters. The van der Waals surface area contributed by atoms with E-state index in [0.717, 1.165) is 0 Å². The highest BCUT2D eigenvalue weighted by Gasteiger charge is 2.31. The molecule has 0 saturated heterocycles. The standard InChI is InChI=1S/C20H11ClN2O4/c21-11-8-9-15(17(10-11)23(26)27)22-16-7-3-6-14-18(16)20(25)13-5-2-1-4-12(13)19(14)24/h1-10,22H. The van der Waals surface area contributed by atoms with E-state index in [1.165, 1.54) is 18.2 Å². The average molecular weight is 379 g/mol. The number of nitrogens with zero attached hydrogens (tertiary/aromatic N) is 1. The van der Waals surface area contributed by atoms with E-state index in [4.69, 9.17) is 11.6 Å². The maximum atomic E-state index is 13.0. The molecule has 0 aliphatic heterocycles. The maximum Gasteiger partial charge on any atom is 0.294 e. The van der Waals surface area contributed by atoms with Gasteiger partial charge in [0.15, 0.2) is 11.6 Å². The molecule has 132 valence electrons. The highest BCUT2D eigenvalue weighted by Crippen LogP contribution is 2.36. The topological polar surface area (TPSA) is 89.3 Å². The van der Waals surface area contributed by atoms with E-state index < -0.39 is 4.92 Å². The van der Waals surface area contributed by atoms with Gasteiger partial charge in [-0.05, 0) is 18.2 Å². The van der Waals surface area contributed by atoms with Crippen LogP contribution in [0.25, 0.3) is 0 Å². The first-order valence-electron chi connectivity index (χ1n) is 8.00. The minimum atomic E-state index is -0.564. The van der Waals surface area contributed by atoms with Crippen LogP contribution in [0.2, 0.25) is 5.02 Å². The lowest BCUT2D eigenvalue weighted by Gasteiger charge is -2.20. The third-order valence-electron chi connectivity index (χ3n) is 4.38. The van der Waals surface area contributed by atoms with Crippen LogP contribution in [0.4, 0.5) is 17.1 Å². The Bertz CT molecular complexity index is 1140. The zero-order valence-corrected chi connectivity index (χ0v) is 14.5. The van der Waals surface area contributed by atoms with Crippen LogP contribution in [-0.4, -0.2) is 16.5 Å². The minimum Gasteiger partial charge on any atom is -0.349 e. The third kappa shape index (κ3) is 2.76. The smallest absolute Gasteiger partial charge is 0.294 e. The molecule has 0 radical (unpaired) electrons. The molecule has 0 amide bonds. The van der Waals surface area contributed by atoms with Crippen LogP contribution in [0, 0.1) is 10.1 Å². The van der Waals surface area contributed by atoms with Crippen LogP contribution in [0.15, 0.2) is 60.7 Å². The van der Waals surface area contributed by atoms with Gasteiger partial charge in [0.05, 0.1) is 16.2 Å². The van der Waals surface area contributed by atoms with Crippen molar-refractivity contribution < 1.29 is 14.5 Å². The summed E-state index contributed by atoms with van der Waals surface area (Å²) in [6.07, 6.45) is 0. The zero-order valence-electron chi connectivity index (χ0n) is 13.7. The van der Waals surface area contributed by atoms with E-state index in [1.807, 2.05) is 0 Å². The molecule has 3 aromatic carbocycles. The molecule has 1 N–H and O–H groups in total. The van der Waals surface area contributed by atoms with Crippen molar-refractivity contribution in [2.45, 2.75) is 0 Å². The van der Waals surface area contributed by atoms with Gasteiger partial charge < -0.3 is 5.32 Å². The monoisotopic (exact) mass is 378 g/mol.